The first-order valence-corrected chi connectivity index (χ1v) is 17.6. The molecule has 8 rings (SSSR count). The molecule has 48 heavy (non-hydrogen) atoms. The maximum absolute atomic E-state index is 5.58. The van der Waals surface area contributed by atoms with Crippen molar-refractivity contribution < 1.29 is 18.9 Å². The molecule has 0 saturated carbocycles. The van der Waals surface area contributed by atoms with Gasteiger partial charge in [-0.05, 0) is 97.1 Å². The Bertz CT molecular complexity index is 2150. The summed E-state index contributed by atoms with van der Waals surface area (Å²) in [7, 11) is 10.3. The first kappa shape index (κ1) is 30.2. The van der Waals surface area contributed by atoms with Crippen molar-refractivity contribution in [2.45, 2.75) is 9.79 Å². The number of benzene rings is 6. The first-order chi connectivity index (χ1) is 23.6. The van der Waals surface area contributed by atoms with Gasteiger partial charge >= 0.3 is 0 Å². The number of methoxy groups -OCH3 is 4. The zero-order chi connectivity index (χ0) is 32.8. The van der Waals surface area contributed by atoms with Crippen LogP contribution in [-0.4, -0.2) is 37.6 Å². The molecule has 0 saturated heterocycles. The minimum Gasteiger partial charge on any atom is -0.497 e. The van der Waals surface area contributed by atoms with E-state index in [1.807, 2.05) is 24.3 Å². The van der Waals surface area contributed by atoms with Gasteiger partial charge in [-0.2, -0.15) is 0 Å². The third-order valence-corrected chi connectivity index (χ3v) is 11.2. The van der Waals surface area contributed by atoms with E-state index in [0.717, 1.165) is 56.4 Å². The maximum Gasteiger partial charge on any atom is 0.120 e. The number of nitrogens with zero attached hydrogens (tertiary/aromatic N) is 2. The van der Waals surface area contributed by atoms with E-state index in [9.17, 15) is 0 Å². The smallest absolute Gasteiger partial charge is 0.120 e. The molecular weight excluding hydrogens is 637 g/mol. The van der Waals surface area contributed by atoms with Gasteiger partial charge in [0.1, 0.15) is 23.0 Å². The zero-order valence-electron chi connectivity index (χ0n) is 26.9. The normalized spacial score (nSPS) is 11.5. The Labute approximate surface area is 286 Å². The van der Waals surface area contributed by atoms with Crippen LogP contribution in [0.3, 0.4) is 0 Å². The second kappa shape index (κ2) is 12.4. The Morgan fingerprint density at radius 2 is 0.625 bits per heavy atom. The fourth-order valence-electron chi connectivity index (χ4n) is 6.42. The van der Waals surface area contributed by atoms with E-state index in [2.05, 4.69) is 106 Å². The van der Waals surface area contributed by atoms with Gasteiger partial charge in [0, 0.05) is 67.0 Å². The molecule has 0 aliphatic heterocycles. The van der Waals surface area contributed by atoms with Gasteiger partial charge in [-0.3, -0.25) is 0 Å². The summed E-state index contributed by atoms with van der Waals surface area (Å²) in [6.07, 6.45) is 0. The number of rotatable bonds is 9. The summed E-state index contributed by atoms with van der Waals surface area (Å²) < 4.78 is 26.9. The van der Waals surface area contributed by atoms with Crippen molar-refractivity contribution in [2.24, 2.45) is 0 Å². The zero-order valence-corrected chi connectivity index (χ0v) is 28.5. The standard InChI is InChI=1S/C40H32N2O4S2/c1-43-27-9-17-33-34-18-10-28(44-2)22-38(34)41(37(33)21-27)25-5-13-31(14-6-25)47-48-32-15-7-26(8-16-32)42-39-23-29(45-3)11-19-35(39)36-20-12-30(46-4)24-40(36)42/h5-24H,1-4H3. The Morgan fingerprint density at radius 1 is 0.354 bits per heavy atom. The highest BCUT2D eigenvalue weighted by Crippen LogP contribution is 2.41. The molecule has 6 aromatic carbocycles. The molecule has 0 unspecified atom stereocenters. The van der Waals surface area contributed by atoms with Crippen molar-refractivity contribution >= 4 is 65.2 Å². The molecule has 0 N–H and O–H groups in total. The molecule has 0 aliphatic carbocycles. The lowest BCUT2D eigenvalue weighted by Crippen LogP contribution is -1.94. The van der Waals surface area contributed by atoms with Crippen LogP contribution >= 0.6 is 21.6 Å². The number of aromatic nitrogens is 2. The van der Waals surface area contributed by atoms with Gasteiger partial charge in [0.05, 0.1) is 50.5 Å². The molecule has 8 heteroatoms. The molecule has 238 valence electrons. The van der Waals surface area contributed by atoms with Crippen molar-refractivity contribution in [2.75, 3.05) is 28.4 Å². The fraction of sp³-hybridized carbons (Fsp3) is 0.100. The third kappa shape index (κ3) is 5.18. The molecule has 0 aliphatic rings. The van der Waals surface area contributed by atoms with E-state index in [-0.39, 0.29) is 0 Å². The minimum absolute atomic E-state index is 0.825. The van der Waals surface area contributed by atoms with Gasteiger partial charge < -0.3 is 28.1 Å². The van der Waals surface area contributed by atoms with Gasteiger partial charge in [-0.15, -0.1) is 0 Å². The number of hydrogen-bond donors (Lipinski definition) is 0. The first-order valence-electron chi connectivity index (χ1n) is 15.5. The van der Waals surface area contributed by atoms with Gasteiger partial charge in [-0.25, -0.2) is 0 Å². The van der Waals surface area contributed by atoms with Crippen LogP contribution in [0.5, 0.6) is 23.0 Å². The van der Waals surface area contributed by atoms with Gasteiger partial charge in [-0.1, -0.05) is 21.6 Å². The highest BCUT2D eigenvalue weighted by atomic mass is 33.1. The molecule has 6 nitrogen and oxygen atoms in total. The number of ether oxygens (including phenoxy) is 4. The summed E-state index contributed by atoms with van der Waals surface area (Å²) in [5.41, 5.74) is 6.52. The molecule has 2 aromatic heterocycles. The van der Waals surface area contributed by atoms with Crippen LogP contribution in [0.1, 0.15) is 0 Å². The van der Waals surface area contributed by atoms with E-state index in [1.165, 1.54) is 31.3 Å². The second-order valence-electron chi connectivity index (χ2n) is 11.4. The van der Waals surface area contributed by atoms with E-state index < -0.39 is 0 Å². The van der Waals surface area contributed by atoms with E-state index >= 15 is 0 Å². The molecule has 0 radical (unpaired) electrons. The molecular formula is C40H32N2O4S2. The molecule has 0 bridgehead atoms. The lowest BCUT2D eigenvalue weighted by Gasteiger charge is -2.11. The second-order valence-corrected chi connectivity index (χ2v) is 13.6. The van der Waals surface area contributed by atoms with Crippen molar-refractivity contribution in [3.63, 3.8) is 0 Å². The van der Waals surface area contributed by atoms with Gasteiger partial charge in [0.15, 0.2) is 0 Å². The lowest BCUT2D eigenvalue weighted by atomic mass is 10.1. The number of fused-ring (bicyclic) bond motifs is 6. The van der Waals surface area contributed by atoms with Crippen LogP contribution in [0.4, 0.5) is 0 Å². The molecule has 0 spiro atoms. The topological polar surface area (TPSA) is 46.8 Å². The van der Waals surface area contributed by atoms with Crippen LogP contribution in [0.2, 0.25) is 0 Å². The Kier molecular flexibility index (Phi) is 7.82. The monoisotopic (exact) mass is 668 g/mol. The highest BCUT2D eigenvalue weighted by Gasteiger charge is 2.16. The molecule has 2 heterocycles. The molecule has 0 fully saturated rings. The molecule has 0 atom stereocenters. The summed E-state index contributed by atoms with van der Waals surface area (Å²) >= 11 is 0. The summed E-state index contributed by atoms with van der Waals surface area (Å²) in [5, 5.41) is 4.69. The Hall–Kier alpha value is -5.18. The summed E-state index contributed by atoms with van der Waals surface area (Å²) in [6, 6.07) is 42.3. The maximum atomic E-state index is 5.58. The highest BCUT2D eigenvalue weighted by molar-refractivity contribution is 8.76. The van der Waals surface area contributed by atoms with Crippen molar-refractivity contribution in [1.82, 2.24) is 9.13 Å². The molecule has 8 aromatic rings. The predicted molar refractivity (Wildman–Crippen MR) is 199 cm³/mol. The van der Waals surface area contributed by atoms with Crippen LogP contribution in [0.25, 0.3) is 55.0 Å². The van der Waals surface area contributed by atoms with Crippen LogP contribution in [-0.2, 0) is 0 Å². The molecule has 0 amide bonds. The van der Waals surface area contributed by atoms with E-state index in [0.29, 0.717) is 0 Å². The average Bonchev–Trinajstić information content (AvgIpc) is 3.65. The Balaban J connectivity index is 1.08. The van der Waals surface area contributed by atoms with Crippen molar-refractivity contribution in [1.29, 1.82) is 0 Å². The van der Waals surface area contributed by atoms with Crippen molar-refractivity contribution in [3.8, 4) is 34.4 Å². The van der Waals surface area contributed by atoms with Gasteiger partial charge in [0.2, 0.25) is 0 Å². The van der Waals surface area contributed by atoms with Crippen LogP contribution < -0.4 is 18.9 Å². The van der Waals surface area contributed by atoms with Crippen molar-refractivity contribution in [3.05, 3.63) is 121 Å². The minimum atomic E-state index is 0.825. The summed E-state index contributed by atoms with van der Waals surface area (Å²) in [6.45, 7) is 0. The average molecular weight is 669 g/mol. The van der Waals surface area contributed by atoms with E-state index in [1.54, 1.807) is 50.0 Å². The quantitative estimate of drug-likeness (QED) is 0.143. The third-order valence-electron chi connectivity index (χ3n) is 8.79. The van der Waals surface area contributed by atoms with Crippen LogP contribution in [0.15, 0.2) is 131 Å². The predicted octanol–water partition coefficient (Wildman–Crippen LogP) is 10.7. The number of hydrogen-bond acceptors (Lipinski definition) is 6. The summed E-state index contributed by atoms with van der Waals surface area (Å²) in [5.74, 6) is 3.30. The Morgan fingerprint density at radius 3 is 0.875 bits per heavy atom. The lowest BCUT2D eigenvalue weighted by molar-refractivity contribution is 0.415. The van der Waals surface area contributed by atoms with Gasteiger partial charge in [0.25, 0.3) is 0 Å². The SMILES string of the molecule is COc1ccc2c3ccc(OC)cc3n(-c3ccc(SSc4ccc(-n5c6cc(OC)ccc6c6ccc(OC)cc65)cc4)cc3)c2c1. The summed E-state index contributed by atoms with van der Waals surface area (Å²) in [4.78, 5) is 2.34. The largest absolute Gasteiger partial charge is 0.497 e. The fourth-order valence-corrected chi connectivity index (χ4v) is 8.35. The van der Waals surface area contributed by atoms with E-state index in [4.69, 9.17) is 18.9 Å². The van der Waals surface area contributed by atoms with Crippen LogP contribution in [0, 0.1) is 0 Å².